The average molecular weight is 407 g/mol. The highest BCUT2D eigenvalue weighted by atomic mass is 32.1. The number of fused-ring (bicyclic) bond motifs is 4. The van der Waals surface area contributed by atoms with Crippen LogP contribution in [-0.4, -0.2) is 20.1 Å². The average Bonchev–Trinajstić information content (AvgIpc) is 3.29. The van der Waals surface area contributed by atoms with Crippen LogP contribution in [0.3, 0.4) is 0 Å². The molecule has 1 amide bonds. The molecule has 3 heterocycles. The number of amides is 1. The molecule has 4 aromatic rings. The minimum atomic E-state index is -0.242. The van der Waals surface area contributed by atoms with Crippen molar-refractivity contribution in [2.45, 2.75) is 45.2 Å². The van der Waals surface area contributed by atoms with E-state index in [4.69, 9.17) is 0 Å². The lowest BCUT2D eigenvalue weighted by molar-refractivity contribution is -0.122. The van der Waals surface area contributed by atoms with Crippen molar-refractivity contribution < 1.29 is 4.79 Å². The van der Waals surface area contributed by atoms with Gasteiger partial charge >= 0.3 is 0 Å². The second kappa shape index (κ2) is 7.15. The third-order valence-corrected chi connectivity index (χ3v) is 6.90. The Labute approximate surface area is 171 Å². The number of hydrogen-bond donors (Lipinski definition) is 1. The summed E-state index contributed by atoms with van der Waals surface area (Å²) in [6, 6.07) is 12.2. The van der Waals surface area contributed by atoms with Crippen molar-refractivity contribution in [3.8, 4) is 0 Å². The zero-order chi connectivity index (χ0) is 20.0. The van der Waals surface area contributed by atoms with Gasteiger partial charge in [0.1, 0.15) is 18.4 Å². The molecular weight excluding hydrogens is 384 g/mol. The predicted octanol–water partition coefficient (Wildman–Crippen LogP) is 3.47. The van der Waals surface area contributed by atoms with Crippen LogP contribution in [0.2, 0.25) is 0 Å². The van der Waals surface area contributed by atoms with Crippen molar-refractivity contribution in [3.63, 3.8) is 0 Å². The molecule has 0 saturated carbocycles. The van der Waals surface area contributed by atoms with Gasteiger partial charge in [-0.25, -0.2) is 4.68 Å². The second-order valence-electron chi connectivity index (χ2n) is 7.52. The third kappa shape index (κ3) is 3.15. The van der Waals surface area contributed by atoms with E-state index in [0.29, 0.717) is 5.52 Å². The molecule has 0 spiro atoms. The monoisotopic (exact) mass is 406 g/mol. The lowest BCUT2D eigenvalue weighted by atomic mass is 9.88. The summed E-state index contributed by atoms with van der Waals surface area (Å²) in [6.45, 7) is 2.04. The molecule has 0 unspecified atom stereocenters. The molecule has 5 rings (SSSR count). The summed E-state index contributed by atoms with van der Waals surface area (Å²) in [5.74, 6) is -0.188. The van der Waals surface area contributed by atoms with Gasteiger partial charge in [-0.2, -0.15) is 5.10 Å². The van der Waals surface area contributed by atoms with Crippen molar-refractivity contribution in [1.82, 2.24) is 19.5 Å². The van der Waals surface area contributed by atoms with E-state index in [1.807, 2.05) is 22.6 Å². The number of nitrogens with zero attached hydrogens (tertiary/aromatic N) is 3. The van der Waals surface area contributed by atoms with Crippen LogP contribution < -0.4 is 10.9 Å². The number of nitrogens with one attached hydrogen (secondary N) is 1. The molecule has 0 fully saturated rings. The number of carbonyl (C=O) groups is 1. The number of aryl methyl sites for hydroxylation is 2. The van der Waals surface area contributed by atoms with Crippen molar-refractivity contribution >= 4 is 33.0 Å². The summed E-state index contributed by atoms with van der Waals surface area (Å²) >= 11 is 1.69. The van der Waals surface area contributed by atoms with Gasteiger partial charge in [0, 0.05) is 4.88 Å². The fraction of sp³-hybridized carbons (Fsp3) is 0.318. The Kier molecular flexibility index (Phi) is 4.47. The minimum Gasteiger partial charge on any atom is -0.348 e. The molecule has 0 aliphatic heterocycles. The van der Waals surface area contributed by atoms with E-state index in [2.05, 4.69) is 35.5 Å². The van der Waals surface area contributed by atoms with Crippen LogP contribution in [0, 0.1) is 0 Å². The van der Waals surface area contributed by atoms with Gasteiger partial charge < -0.3 is 5.32 Å². The predicted molar refractivity (Wildman–Crippen MR) is 114 cm³/mol. The van der Waals surface area contributed by atoms with Crippen LogP contribution in [0.5, 0.6) is 0 Å². The fourth-order valence-electron chi connectivity index (χ4n) is 4.22. The lowest BCUT2D eigenvalue weighted by Crippen LogP contribution is -2.37. The van der Waals surface area contributed by atoms with Gasteiger partial charge in [-0.1, -0.05) is 31.2 Å². The maximum absolute atomic E-state index is 12.9. The molecule has 0 radical (unpaired) electrons. The fourth-order valence-corrected chi connectivity index (χ4v) is 5.25. The maximum Gasteiger partial charge on any atom is 0.291 e. The van der Waals surface area contributed by atoms with Gasteiger partial charge in [0.15, 0.2) is 0 Å². The van der Waals surface area contributed by atoms with Crippen LogP contribution in [0.4, 0.5) is 0 Å². The number of thiophene rings is 1. The van der Waals surface area contributed by atoms with Crippen molar-refractivity contribution in [2.75, 3.05) is 0 Å². The Balaban J connectivity index is 1.40. The van der Waals surface area contributed by atoms with Gasteiger partial charge in [0.2, 0.25) is 5.91 Å². The standard InChI is InChI=1S/C22H22N4O2S/c1-2-15-10-18-20(29-15)11-19-22(28)26(23-13-25(18)19)12-21(27)24-17-9-5-7-14-6-3-4-8-16(14)17/h3-4,6,8,10-11,13,17H,2,5,7,9,12H2,1H3,(H,24,27)/t17-/m0/s1. The first-order valence-electron chi connectivity index (χ1n) is 10.0. The number of carbonyl (C=O) groups excluding carboxylic acids is 1. The maximum atomic E-state index is 12.9. The summed E-state index contributed by atoms with van der Waals surface area (Å²) in [4.78, 5) is 26.8. The minimum absolute atomic E-state index is 0.00186. The highest BCUT2D eigenvalue weighted by Crippen LogP contribution is 2.30. The Bertz CT molecular complexity index is 1280. The molecule has 1 atom stereocenters. The van der Waals surface area contributed by atoms with Crippen LogP contribution in [0.15, 0.2) is 47.5 Å². The molecule has 1 aliphatic carbocycles. The van der Waals surface area contributed by atoms with E-state index < -0.39 is 0 Å². The summed E-state index contributed by atoms with van der Waals surface area (Å²) in [6.07, 6.45) is 5.61. The molecule has 0 saturated heterocycles. The van der Waals surface area contributed by atoms with Crippen molar-refractivity contribution in [1.29, 1.82) is 0 Å². The molecule has 148 valence electrons. The number of rotatable bonds is 4. The first kappa shape index (κ1) is 18.1. The summed E-state index contributed by atoms with van der Waals surface area (Å²) in [5.41, 5.74) is 3.79. The Morgan fingerprint density at radius 2 is 2.14 bits per heavy atom. The van der Waals surface area contributed by atoms with E-state index in [1.54, 1.807) is 17.7 Å². The first-order chi connectivity index (χ1) is 14.1. The number of benzene rings is 1. The second-order valence-corrected chi connectivity index (χ2v) is 8.69. The van der Waals surface area contributed by atoms with E-state index in [9.17, 15) is 9.59 Å². The molecule has 1 aliphatic rings. The highest BCUT2D eigenvalue weighted by molar-refractivity contribution is 7.19. The quantitative estimate of drug-likeness (QED) is 0.564. The van der Waals surface area contributed by atoms with Gasteiger partial charge in [0.25, 0.3) is 5.56 Å². The molecule has 7 heteroatoms. The van der Waals surface area contributed by atoms with Crippen LogP contribution in [-0.2, 0) is 24.2 Å². The molecule has 1 aromatic carbocycles. The smallest absolute Gasteiger partial charge is 0.291 e. The van der Waals surface area contributed by atoms with Crippen LogP contribution in [0.1, 0.15) is 41.8 Å². The SMILES string of the molecule is CCc1cc2c(cc3c(=O)n(CC(=O)N[C@H]4CCCc5ccccc54)ncn32)s1. The molecule has 1 N–H and O–H groups in total. The van der Waals surface area contributed by atoms with E-state index in [1.165, 1.54) is 20.7 Å². The van der Waals surface area contributed by atoms with Gasteiger partial charge in [-0.05, 0) is 48.9 Å². The lowest BCUT2D eigenvalue weighted by Gasteiger charge is -2.26. The first-order valence-corrected chi connectivity index (χ1v) is 10.8. The molecule has 3 aromatic heterocycles. The summed E-state index contributed by atoms with van der Waals surface area (Å²) < 4.78 is 4.14. The zero-order valence-electron chi connectivity index (χ0n) is 16.2. The van der Waals surface area contributed by atoms with Crippen LogP contribution in [0.25, 0.3) is 15.7 Å². The van der Waals surface area contributed by atoms with Gasteiger partial charge in [-0.3, -0.25) is 14.0 Å². The topological polar surface area (TPSA) is 68.4 Å². The summed E-state index contributed by atoms with van der Waals surface area (Å²) in [7, 11) is 0. The van der Waals surface area contributed by atoms with E-state index >= 15 is 0 Å². The normalized spacial score (nSPS) is 16.2. The largest absolute Gasteiger partial charge is 0.348 e. The third-order valence-electron chi connectivity index (χ3n) is 5.68. The zero-order valence-corrected chi connectivity index (χ0v) is 17.0. The Morgan fingerprint density at radius 3 is 3.00 bits per heavy atom. The molecular formula is C22H22N4O2S. The van der Waals surface area contributed by atoms with Gasteiger partial charge in [-0.15, -0.1) is 11.3 Å². The van der Waals surface area contributed by atoms with Crippen molar-refractivity contribution in [2.24, 2.45) is 0 Å². The molecule has 6 nitrogen and oxygen atoms in total. The highest BCUT2D eigenvalue weighted by Gasteiger charge is 2.22. The molecule has 0 bridgehead atoms. The molecule has 29 heavy (non-hydrogen) atoms. The number of hydrogen-bond acceptors (Lipinski definition) is 4. The number of aromatic nitrogens is 3. The Morgan fingerprint density at radius 1 is 1.28 bits per heavy atom. The van der Waals surface area contributed by atoms with E-state index in [0.717, 1.165) is 35.9 Å². The van der Waals surface area contributed by atoms with Crippen LogP contribution >= 0.6 is 11.3 Å². The Hall–Kier alpha value is -2.93. The summed E-state index contributed by atoms with van der Waals surface area (Å²) in [5, 5.41) is 7.34. The van der Waals surface area contributed by atoms with E-state index in [-0.39, 0.29) is 24.1 Å². The van der Waals surface area contributed by atoms with Gasteiger partial charge in [0.05, 0.1) is 16.3 Å². The van der Waals surface area contributed by atoms with Crippen molar-refractivity contribution in [3.05, 3.63) is 69.1 Å².